The van der Waals surface area contributed by atoms with E-state index in [2.05, 4.69) is 37.9 Å². The van der Waals surface area contributed by atoms with Gasteiger partial charge in [-0.15, -0.1) is 0 Å². The molecule has 0 amide bonds. The lowest BCUT2D eigenvalue weighted by atomic mass is 10.0. The van der Waals surface area contributed by atoms with Crippen molar-refractivity contribution in [2.24, 2.45) is 5.92 Å². The second kappa shape index (κ2) is 16.0. The van der Waals surface area contributed by atoms with Crippen LogP contribution in [0.4, 0.5) is 0 Å². The van der Waals surface area contributed by atoms with Crippen LogP contribution in [0.15, 0.2) is 0 Å². The number of carbonyl (C=O) groups is 3. The number of thiol groups is 3. The Hall–Kier alpha value is -0.540. The zero-order chi connectivity index (χ0) is 18.2. The highest BCUT2D eigenvalue weighted by Crippen LogP contribution is 2.11. The third-order valence-corrected chi connectivity index (χ3v) is 3.68. The van der Waals surface area contributed by atoms with Crippen molar-refractivity contribution in [3.05, 3.63) is 0 Å². The van der Waals surface area contributed by atoms with Crippen molar-refractivity contribution in [1.82, 2.24) is 0 Å². The number of esters is 3. The average Bonchev–Trinajstić information content (AvgIpc) is 2.53. The summed E-state index contributed by atoms with van der Waals surface area (Å²) in [5, 5.41) is 0. The first-order valence-electron chi connectivity index (χ1n) is 7.82. The highest BCUT2D eigenvalue weighted by molar-refractivity contribution is 7.80. The fraction of sp³-hybridized carbons (Fsp3) is 0.800. The molecule has 0 atom stereocenters. The lowest BCUT2D eigenvalue weighted by molar-refractivity contribution is -0.148. The molecular formula is C15H26O6S3. The van der Waals surface area contributed by atoms with E-state index in [1.807, 2.05) is 0 Å². The van der Waals surface area contributed by atoms with Crippen LogP contribution in [-0.4, -0.2) is 55.0 Å². The van der Waals surface area contributed by atoms with Crippen molar-refractivity contribution >= 4 is 55.8 Å². The number of carbonyl (C=O) groups excluding carboxylic acids is 3. The van der Waals surface area contributed by atoms with E-state index in [0.29, 0.717) is 30.1 Å². The molecule has 0 heterocycles. The van der Waals surface area contributed by atoms with E-state index in [4.69, 9.17) is 14.2 Å². The number of rotatable bonds is 14. The molecule has 0 saturated heterocycles. The lowest BCUT2D eigenvalue weighted by Crippen LogP contribution is -2.20. The fourth-order valence-corrected chi connectivity index (χ4v) is 2.24. The number of hydrogen-bond donors (Lipinski definition) is 3. The summed E-state index contributed by atoms with van der Waals surface area (Å²) in [6, 6.07) is 0. The van der Waals surface area contributed by atoms with Crippen LogP contribution in [0.5, 0.6) is 0 Å². The molecule has 6 nitrogen and oxygen atoms in total. The molecule has 0 rings (SSSR count). The van der Waals surface area contributed by atoms with Crippen LogP contribution < -0.4 is 0 Å². The molecule has 9 heteroatoms. The van der Waals surface area contributed by atoms with Crippen molar-refractivity contribution in [2.45, 2.75) is 32.1 Å². The standard InChI is InChI=1S/C15H26O6S3/c16-13(3-8-22)19-6-1-12(11-21-15(18)5-10-24)2-7-20-14(17)4-9-23/h12,22-24H,1-11H2. The molecule has 0 bridgehead atoms. The summed E-state index contributed by atoms with van der Waals surface area (Å²) in [6.45, 7) is 0.652. The Balaban J connectivity index is 4.19. The number of hydrogen-bond acceptors (Lipinski definition) is 9. The Bertz CT molecular complexity index is 354. The van der Waals surface area contributed by atoms with Crippen LogP contribution in [0.1, 0.15) is 32.1 Å². The van der Waals surface area contributed by atoms with Gasteiger partial charge in [0.05, 0.1) is 39.1 Å². The van der Waals surface area contributed by atoms with Crippen molar-refractivity contribution in [2.75, 3.05) is 37.1 Å². The van der Waals surface area contributed by atoms with Gasteiger partial charge in [-0.25, -0.2) is 0 Å². The molecule has 140 valence electrons. The minimum Gasteiger partial charge on any atom is -0.466 e. The number of ether oxygens (including phenoxy) is 3. The van der Waals surface area contributed by atoms with Gasteiger partial charge in [-0.3, -0.25) is 14.4 Å². The summed E-state index contributed by atoms with van der Waals surface area (Å²) < 4.78 is 15.3. The first kappa shape index (κ1) is 23.5. The highest BCUT2D eigenvalue weighted by Gasteiger charge is 2.14. The molecule has 0 fully saturated rings. The van der Waals surface area contributed by atoms with Crippen molar-refractivity contribution < 1.29 is 28.6 Å². The highest BCUT2D eigenvalue weighted by atomic mass is 32.1. The second-order valence-electron chi connectivity index (χ2n) is 4.99. The van der Waals surface area contributed by atoms with Crippen LogP contribution >= 0.6 is 37.9 Å². The van der Waals surface area contributed by atoms with E-state index in [0.717, 1.165) is 0 Å². The normalized spacial score (nSPS) is 10.5. The molecule has 24 heavy (non-hydrogen) atoms. The molecule has 0 N–H and O–H groups in total. The molecule has 0 aromatic rings. The Morgan fingerprint density at radius 1 is 0.667 bits per heavy atom. The first-order chi connectivity index (χ1) is 11.5. The Labute approximate surface area is 159 Å². The topological polar surface area (TPSA) is 78.9 Å². The van der Waals surface area contributed by atoms with Gasteiger partial charge in [0.25, 0.3) is 0 Å². The predicted molar refractivity (Wildman–Crippen MR) is 101 cm³/mol. The van der Waals surface area contributed by atoms with Gasteiger partial charge in [0, 0.05) is 17.3 Å². The van der Waals surface area contributed by atoms with Gasteiger partial charge in [0.15, 0.2) is 0 Å². The smallest absolute Gasteiger partial charge is 0.306 e. The van der Waals surface area contributed by atoms with Crippen LogP contribution in [0.25, 0.3) is 0 Å². The van der Waals surface area contributed by atoms with Gasteiger partial charge in [-0.2, -0.15) is 37.9 Å². The molecule has 0 aliphatic heterocycles. The van der Waals surface area contributed by atoms with Gasteiger partial charge in [0.2, 0.25) is 0 Å². The summed E-state index contributed by atoms with van der Waals surface area (Å²) in [7, 11) is 0. The van der Waals surface area contributed by atoms with Crippen molar-refractivity contribution in [3.8, 4) is 0 Å². The molecule has 0 aliphatic rings. The Morgan fingerprint density at radius 3 is 1.42 bits per heavy atom. The lowest BCUT2D eigenvalue weighted by Gasteiger charge is -2.17. The third-order valence-electron chi connectivity index (χ3n) is 3.01. The third kappa shape index (κ3) is 13.9. The van der Waals surface area contributed by atoms with Crippen LogP contribution in [0.2, 0.25) is 0 Å². The summed E-state index contributed by atoms with van der Waals surface area (Å²) >= 11 is 11.9. The van der Waals surface area contributed by atoms with E-state index in [-0.39, 0.29) is 62.9 Å². The second-order valence-corrected chi connectivity index (χ2v) is 6.33. The minimum atomic E-state index is -0.325. The molecule has 0 unspecified atom stereocenters. The Kier molecular flexibility index (Phi) is 15.6. The monoisotopic (exact) mass is 398 g/mol. The molecule has 0 radical (unpaired) electrons. The molecule has 0 aromatic heterocycles. The fourth-order valence-electron chi connectivity index (χ4n) is 1.69. The van der Waals surface area contributed by atoms with Crippen molar-refractivity contribution in [3.63, 3.8) is 0 Å². The quantitative estimate of drug-likeness (QED) is 0.236. The van der Waals surface area contributed by atoms with E-state index >= 15 is 0 Å². The van der Waals surface area contributed by atoms with E-state index < -0.39 is 0 Å². The predicted octanol–water partition coefficient (Wildman–Crippen LogP) is 1.97. The summed E-state index contributed by atoms with van der Waals surface area (Å²) in [5.74, 6) is 0.296. The molecular weight excluding hydrogens is 372 g/mol. The van der Waals surface area contributed by atoms with Gasteiger partial charge in [-0.1, -0.05) is 0 Å². The van der Waals surface area contributed by atoms with E-state index in [1.165, 1.54) is 0 Å². The zero-order valence-corrected chi connectivity index (χ0v) is 16.3. The molecule has 0 aliphatic carbocycles. The largest absolute Gasteiger partial charge is 0.466 e. The summed E-state index contributed by atoms with van der Waals surface area (Å²) in [5.41, 5.74) is 0. The molecule has 0 spiro atoms. The maximum Gasteiger partial charge on any atom is 0.306 e. The van der Waals surface area contributed by atoms with Crippen molar-refractivity contribution in [1.29, 1.82) is 0 Å². The zero-order valence-electron chi connectivity index (χ0n) is 13.6. The van der Waals surface area contributed by atoms with Gasteiger partial charge in [0.1, 0.15) is 0 Å². The average molecular weight is 399 g/mol. The minimum absolute atomic E-state index is 0.0542. The van der Waals surface area contributed by atoms with E-state index in [1.54, 1.807) is 0 Å². The van der Waals surface area contributed by atoms with Gasteiger partial charge in [-0.05, 0) is 18.8 Å². The molecule has 0 aromatic carbocycles. The maximum atomic E-state index is 11.4. The van der Waals surface area contributed by atoms with Gasteiger partial charge < -0.3 is 14.2 Å². The summed E-state index contributed by atoms with van der Waals surface area (Å²) in [6.07, 6.45) is 1.80. The van der Waals surface area contributed by atoms with E-state index in [9.17, 15) is 14.4 Å². The van der Waals surface area contributed by atoms with Crippen LogP contribution in [-0.2, 0) is 28.6 Å². The van der Waals surface area contributed by atoms with Crippen LogP contribution in [0.3, 0.4) is 0 Å². The van der Waals surface area contributed by atoms with Crippen LogP contribution in [0, 0.1) is 5.92 Å². The SMILES string of the molecule is O=C(CCS)OCCC(CCOC(=O)CCS)COC(=O)CCS. The molecule has 0 saturated carbocycles. The van der Waals surface area contributed by atoms with Gasteiger partial charge >= 0.3 is 17.9 Å². The first-order valence-corrected chi connectivity index (χ1v) is 9.72. The maximum absolute atomic E-state index is 11.4. The summed E-state index contributed by atoms with van der Waals surface area (Å²) in [4.78, 5) is 34.0. The Morgan fingerprint density at radius 2 is 1.04 bits per heavy atom.